The summed E-state index contributed by atoms with van der Waals surface area (Å²) in [6.07, 6.45) is 3.64. The van der Waals surface area contributed by atoms with Crippen molar-refractivity contribution < 1.29 is 4.74 Å². The van der Waals surface area contributed by atoms with E-state index < -0.39 is 0 Å². The van der Waals surface area contributed by atoms with Gasteiger partial charge in [-0.2, -0.15) is 5.10 Å². The van der Waals surface area contributed by atoms with Gasteiger partial charge < -0.3 is 14.9 Å². The lowest BCUT2D eigenvalue weighted by atomic mass is 10.1. The third kappa shape index (κ3) is 3.78. The van der Waals surface area contributed by atoms with Gasteiger partial charge in [-0.15, -0.1) is 11.3 Å². The monoisotopic (exact) mass is 585 g/mol. The summed E-state index contributed by atoms with van der Waals surface area (Å²) in [7, 11) is 0. The Labute approximate surface area is 214 Å². The van der Waals surface area contributed by atoms with E-state index in [2.05, 4.69) is 91.4 Å². The van der Waals surface area contributed by atoms with E-state index in [4.69, 9.17) is 15.6 Å². The summed E-state index contributed by atoms with van der Waals surface area (Å²) >= 11 is 4.07. The first-order valence-electron chi connectivity index (χ1n) is 11.2. The highest BCUT2D eigenvalue weighted by molar-refractivity contribution is 14.1. The summed E-state index contributed by atoms with van der Waals surface area (Å²) in [5.41, 5.74) is 10.5. The molecule has 0 spiro atoms. The molecule has 5 aromatic heterocycles. The number of hydrogen-bond acceptors (Lipinski definition) is 7. The second-order valence-electron chi connectivity index (χ2n) is 8.47. The lowest BCUT2D eigenvalue weighted by molar-refractivity contribution is 0.0346. The van der Waals surface area contributed by atoms with E-state index >= 15 is 0 Å². The van der Waals surface area contributed by atoms with Crippen LogP contribution in [0.4, 0.5) is 5.82 Å². The number of halogens is 1. The summed E-state index contributed by atoms with van der Waals surface area (Å²) in [6, 6.07) is 13.0. The Kier molecular flexibility index (Phi) is 5.76. The maximum absolute atomic E-state index is 6.15. The number of anilines is 1. The van der Waals surface area contributed by atoms with Crippen molar-refractivity contribution >= 4 is 56.3 Å². The van der Waals surface area contributed by atoms with E-state index in [0.717, 1.165) is 53.1 Å². The standard InChI is InChI=1S/C24H24IN7OS/c1-15(32-24-20(22(25)29-32)23(26)27-14-28-24)18-12-16-4-2-3-7-31(16)21(18)19-6-5-17(34-19)13-30-8-10-33-11-9-30/h2-7,12,14-15H,8-11,13H2,1H3,(H2,26,27,28). The summed E-state index contributed by atoms with van der Waals surface area (Å²) in [5, 5.41) is 5.62. The van der Waals surface area contributed by atoms with E-state index in [0.29, 0.717) is 5.82 Å². The average molecular weight is 585 g/mol. The van der Waals surface area contributed by atoms with Gasteiger partial charge in [0.2, 0.25) is 0 Å². The molecular formula is C24H24IN7OS. The predicted octanol–water partition coefficient (Wildman–Crippen LogP) is 4.44. The molecule has 8 nitrogen and oxygen atoms in total. The van der Waals surface area contributed by atoms with E-state index in [1.807, 2.05) is 16.0 Å². The molecule has 6 heterocycles. The Morgan fingerprint density at radius 1 is 1.18 bits per heavy atom. The fourth-order valence-electron chi connectivity index (χ4n) is 4.65. The fraction of sp³-hybridized carbons (Fsp3) is 0.292. The van der Waals surface area contributed by atoms with Gasteiger partial charge in [0, 0.05) is 41.8 Å². The molecule has 1 unspecified atom stereocenters. The zero-order valence-electron chi connectivity index (χ0n) is 18.7. The highest BCUT2D eigenvalue weighted by atomic mass is 127. The van der Waals surface area contributed by atoms with Crippen LogP contribution in [0.15, 0.2) is 48.9 Å². The lowest BCUT2D eigenvalue weighted by Crippen LogP contribution is -2.35. The number of pyridine rings is 1. The first-order valence-corrected chi connectivity index (χ1v) is 13.1. The van der Waals surface area contributed by atoms with E-state index in [1.165, 1.54) is 27.3 Å². The number of aromatic nitrogens is 5. The van der Waals surface area contributed by atoms with Crippen molar-refractivity contribution in [2.45, 2.75) is 19.5 Å². The van der Waals surface area contributed by atoms with Crippen LogP contribution in [0.2, 0.25) is 0 Å². The minimum atomic E-state index is -0.0417. The van der Waals surface area contributed by atoms with Crippen molar-refractivity contribution in [2.75, 3.05) is 32.0 Å². The van der Waals surface area contributed by atoms with Gasteiger partial charge in [-0.1, -0.05) is 6.07 Å². The van der Waals surface area contributed by atoms with Crippen LogP contribution in [-0.2, 0) is 11.3 Å². The molecule has 0 bridgehead atoms. The van der Waals surface area contributed by atoms with Gasteiger partial charge in [-0.05, 0) is 59.8 Å². The van der Waals surface area contributed by atoms with Crippen molar-refractivity contribution in [3.63, 3.8) is 0 Å². The Hall–Kier alpha value is -2.54. The number of fused-ring (bicyclic) bond motifs is 2. The second kappa shape index (κ2) is 8.91. The van der Waals surface area contributed by atoms with Crippen LogP contribution in [0.25, 0.3) is 27.1 Å². The summed E-state index contributed by atoms with van der Waals surface area (Å²) in [4.78, 5) is 13.7. The molecule has 1 atom stereocenters. The Morgan fingerprint density at radius 2 is 2.03 bits per heavy atom. The number of nitrogen functional groups attached to an aromatic ring is 1. The predicted molar refractivity (Wildman–Crippen MR) is 143 cm³/mol. The van der Waals surface area contributed by atoms with Crippen LogP contribution in [-0.4, -0.2) is 55.4 Å². The molecule has 5 aromatic rings. The fourth-order valence-corrected chi connectivity index (χ4v) is 6.51. The molecule has 0 aliphatic carbocycles. The van der Waals surface area contributed by atoms with Gasteiger partial charge in [-0.3, -0.25) is 4.90 Å². The molecule has 1 fully saturated rings. The molecule has 6 rings (SSSR count). The molecule has 1 aliphatic heterocycles. The van der Waals surface area contributed by atoms with Gasteiger partial charge in [0.05, 0.1) is 35.2 Å². The van der Waals surface area contributed by atoms with E-state index in [-0.39, 0.29) is 6.04 Å². The van der Waals surface area contributed by atoms with Crippen molar-refractivity contribution in [3.05, 3.63) is 63.1 Å². The third-order valence-corrected chi connectivity index (χ3v) is 8.21. The Balaban J connectivity index is 1.44. The molecule has 1 aliphatic rings. The summed E-state index contributed by atoms with van der Waals surface area (Å²) in [5.74, 6) is 0.459. The van der Waals surface area contributed by atoms with Gasteiger partial charge in [0.15, 0.2) is 5.65 Å². The molecule has 0 radical (unpaired) electrons. The van der Waals surface area contributed by atoms with Gasteiger partial charge in [0.25, 0.3) is 0 Å². The number of ether oxygens (including phenoxy) is 1. The molecule has 0 saturated carbocycles. The number of nitrogens with zero attached hydrogens (tertiary/aromatic N) is 6. The average Bonchev–Trinajstić information content (AvgIpc) is 3.55. The largest absolute Gasteiger partial charge is 0.383 e. The topological polar surface area (TPSA) is 86.5 Å². The molecular weight excluding hydrogens is 561 g/mol. The molecule has 174 valence electrons. The van der Waals surface area contributed by atoms with Gasteiger partial charge in [0.1, 0.15) is 15.8 Å². The number of rotatable bonds is 5. The Bertz CT molecular complexity index is 1480. The van der Waals surface area contributed by atoms with Crippen molar-refractivity contribution in [1.29, 1.82) is 0 Å². The molecule has 0 aromatic carbocycles. The SMILES string of the molecule is CC(c1cc2ccccn2c1-c1ccc(CN2CCOCC2)s1)n1nc(I)c2c(N)ncnc21. The molecule has 10 heteroatoms. The molecule has 2 N–H and O–H groups in total. The minimum absolute atomic E-state index is 0.0417. The van der Waals surface area contributed by atoms with Crippen LogP contribution in [0.1, 0.15) is 23.4 Å². The zero-order chi connectivity index (χ0) is 23.2. The smallest absolute Gasteiger partial charge is 0.165 e. The van der Waals surface area contributed by atoms with Crippen LogP contribution < -0.4 is 5.73 Å². The highest BCUT2D eigenvalue weighted by Gasteiger charge is 2.24. The number of morpholine rings is 1. The van der Waals surface area contributed by atoms with Gasteiger partial charge >= 0.3 is 0 Å². The lowest BCUT2D eigenvalue weighted by Gasteiger charge is -2.25. The van der Waals surface area contributed by atoms with Crippen LogP contribution in [0.5, 0.6) is 0 Å². The normalized spacial score (nSPS) is 15.9. The maximum Gasteiger partial charge on any atom is 0.165 e. The maximum atomic E-state index is 6.15. The van der Waals surface area contributed by atoms with Crippen LogP contribution in [0.3, 0.4) is 0 Å². The van der Waals surface area contributed by atoms with Crippen LogP contribution in [0, 0.1) is 3.70 Å². The summed E-state index contributed by atoms with van der Waals surface area (Å²) in [6.45, 7) is 6.72. The van der Waals surface area contributed by atoms with Crippen LogP contribution >= 0.6 is 33.9 Å². The first-order chi connectivity index (χ1) is 16.6. The third-order valence-electron chi connectivity index (χ3n) is 6.38. The first kappa shape index (κ1) is 22.0. The molecule has 1 saturated heterocycles. The number of hydrogen-bond donors (Lipinski definition) is 1. The van der Waals surface area contributed by atoms with Crippen molar-refractivity contribution in [2.24, 2.45) is 0 Å². The highest BCUT2D eigenvalue weighted by Crippen LogP contribution is 2.38. The van der Waals surface area contributed by atoms with E-state index in [1.54, 1.807) is 0 Å². The molecule has 34 heavy (non-hydrogen) atoms. The number of nitrogens with two attached hydrogens (primary N) is 1. The Morgan fingerprint density at radius 3 is 2.88 bits per heavy atom. The number of thiophene rings is 1. The quantitative estimate of drug-likeness (QED) is 0.307. The van der Waals surface area contributed by atoms with E-state index in [9.17, 15) is 0 Å². The molecule has 0 amide bonds. The minimum Gasteiger partial charge on any atom is -0.383 e. The summed E-state index contributed by atoms with van der Waals surface area (Å²) < 4.78 is 10.6. The second-order valence-corrected chi connectivity index (χ2v) is 10.7. The van der Waals surface area contributed by atoms with Crippen molar-refractivity contribution in [1.82, 2.24) is 29.0 Å². The van der Waals surface area contributed by atoms with Gasteiger partial charge in [-0.25, -0.2) is 14.6 Å². The van der Waals surface area contributed by atoms with Crippen molar-refractivity contribution in [3.8, 4) is 10.6 Å². The zero-order valence-corrected chi connectivity index (χ0v) is 21.7.